The van der Waals surface area contributed by atoms with Crippen molar-refractivity contribution in [3.05, 3.63) is 94.8 Å². The molecule has 5 nitrogen and oxygen atoms in total. The van der Waals surface area contributed by atoms with Crippen LogP contribution in [-0.4, -0.2) is 19.5 Å². The van der Waals surface area contributed by atoms with Crippen LogP contribution in [0.25, 0.3) is 32.0 Å². The van der Waals surface area contributed by atoms with Gasteiger partial charge in [-0.25, -0.2) is 17.6 Å². The zero-order chi connectivity index (χ0) is 24.9. The summed E-state index contributed by atoms with van der Waals surface area (Å²) in [6.07, 6.45) is 0. The molecule has 2 N–H and O–H groups in total. The van der Waals surface area contributed by atoms with Crippen molar-refractivity contribution in [1.29, 1.82) is 0 Å². The predicted octanol–water partition coefficient (Wildman–Crippen LogP) is 7.32. The Morgan fingerprint density at radius 3 is 2.43 bits per heavy atom. The Morgan fingerprint density at radius 1 is 0.943 bits per heavy atom. The highest BCUT2D eigenvalue weighted by atomic mass is 35.5. The maximum Gasteiger partial charge on any atom is 0.335 e. The number of aromatic carboxylic acids is 1. The fourth-order valence-electron chi connectivity index (χ4n) is 4.11. The minimum atomic E-state index is -3.94. The largest absolute Gasteiger partial charge is 0.478 e. The van der Waals surface area contributed by atoms with E-state index in [0.29, 0.717) is 32.6 Å². The van der Waals surface area contributed by atoms with Gasteiger partial charge in [-0.3, -0.25) is 4.72 Å². The van der Waals surface area contributed by atoms with E-state index in [1.165, 1.54) is 12.1 Å². The standard InChI is InChI=1S/C26H17ClFNO4S2/c1-14-20-13-16(27)7-11-24(20)34-26(14)35(32,33)29-23-10-8-18(17-4-2-3-5-19(17)23)21-12-15(25(30)31)6-9-22(21)28/h2-13,29H,1H3,(H,30,31). The number of halogens is 2. The molecule has 176 valence electrons. The van der Waals surface area contributed by atoms with Gasteiger partial charge in [0.2, 0.25) is 0 Å². The second kappa shape index (κ2) is 8.64. The smallest absolute Gasteiger partial charge is 0.335 e. The average molecular weight is 526 g/mol. The summed E-state index contributed by atoms with van der Waals surface area (Å²) >= 11 is 7.25. The van der Waals surface area contributed by atoms with E-state index in [4.69, 9.17) is 11.6 Å². The van der Waals surface area contributed by atoms with Crippen LogP contribution < -0.4 is 4.72 Å². The lowest BCUT2D eigenvalue weighted by atomic mass is 9.95. The van der Waals surface area contributed by atoms with Crippen LogP contribution in [0.3, 0.4) is 0 Å². The van der Waals surface area contributed by atoms with Crippen molar-refractivity contribution in [1.82, 2.24) is 0 Å². The van der Waals surface area contributed by atoms with Crippen LogP contribution >= 0.6 is 22.9 Å². The van der Waals surface area contributed by atoms with Gasteiger partial charge in [0.25, 0.3) is 10.0 Å². The molecule has 9 heteroatoms. The quantitative estimate of drug-likeness (QED) is 0.252. The number of carboxylic acids is 1. The number of sulfonamides is 1. The van der Waals surface area contributed by atoms with Gasteiger partial charge in [0.05, 0.1) is 11.3 Å². The number of anilines is 1. The van der Waals surface area contributed by atoms with Gasteiger partial charge in [0.15, 0.2) is 0 Å². The first-order chi connectivity index (χ1) is 16.7. The monoisotopic (exact) mass is 525 g/mol. The molecule has 0 spiro atoms. The number of thiophene rings is 1. The fraction of sp³-hybridized carbons (Fsp3) is 0.0385. The molecular weight excluding hydrogens is 509 g/mol. The molecule has 5 rings (SSSR count). The molecule has 0 bridgehead atoms. The van der Waals surface area contributed by atoms with Crippen molar-refractivity contribution in [2.45, 2.75) is 11.1 Å². The summed E-state index contributed by atoms with van der Waals surface area (Å²) < 4.78 is 45.2. The number of benzene rings is 4. The van der Waals surface area contributed by atoms with Gasteiger partial charge in [-0.05, 0) is 71.3 Å². The normalized spacial score (nSPS) is 11.7. The minimum Gasteiger partial charge on any atom is -0.478 e. The highest BCUT2D eigenvalue weighted by molar-refractivity contribution is 7.95. The first kappa shape index (κ1) is 23.3. The van der Waals surface area contributed by atoms with Crippen molar-refractivity contribution in [3.8, 4) is 11.1 Å². The van der Waals surface area contributed by atoms with Gasteiger partial charge in [0, 0.05) is 20.7 Å². The van der Waals surface area contributed by atoms with Crippen molar-refractivity contribution in [2.75, 3.05) is 4.72 Å². The summed E-state index contributed by atoms with van der Waals surface area (Å²) in [6, 6.07) is 18.9. The van der Waals surface area contributed by atoms with Gasteiger partial charge < -0.3 is 5.11 Å². The zero-order valence-electron chi connectivity index (χ0n) is 18.2. The molecule has 0 atom stereocenters. The summed E-state index contributed by atoms with van der Waals surface area (Å²) in [7, 11) is -3.94. The lowest BCUT2D eigenvalue weighted by Crippen LogP contribution is -2.13. The molecule has 0 saturated heterocycles. The van der Waals surface area contributed by atoms with Crippen LogP contribution in [0.5, 0.6) is 0 Å². The molecule has 5 aromatic rings. The van der Waals surface area contributed by atoms with E-state index in [1.54, 1.807) is 61.5 Å². The number of carboxylic acid groups (broad SMARTS) is 1. The molecule has 4 aromatic carbocycles. The number of hydrogen-bond donors (Lipinski definition) is 2. The van der Waals surface area contributed by atoms with Crippen LogP contribution in [0.15, 0.2) is 77.0 Å². The molecule has 0 aliphatic rings. The van der Waals surface area contributed by atoms with E-state index in [1.807, 2.05) is 0 Å². The van der Waals surface area contributed by atoms with Gasteiger partial charge in [-0.2, -0.15) is 0 Å². The van der Waals surface area contributed by atoms with Crippen molar-refractivity contribution >= 4 is 65.5 Å². The molecule has 0 aliphatic heterocycles. The summed E-state index contributed by atoms with van der Waals surface area (Å²) in [5, 5.41) is 11.8. The third-order valence-electron chi connectivity index (χ3n) is 5.77. The van der Waals surface area contributed by atoms with E-state index in [9.17, 15) is 22.7 Å². The van der Waals surface area contributed by atoms with Crippen LogP contribution in [-0.2, 0) is 10.0 Å². The number of nitrogens with one attached hydrogen (secondary N) is 1. The number of rotatable bonds is 5. The molecule has 1 heterocycles. The summed E-state index contributed by atoms with van der Waals surface area (Å²) in [6.45, 7) is 1.74. The van der Waals surface area contributed by atoms with Gasteiger partial charge in [-0.1, -0.05) is 41.9 Å². The van der Waals surface area contributed by atoms with Crippen LogP contribution in [0.1, 0.15) is 15.9 Å². The third-order valence-corrected chi connectivity index (χ3v) is 9.26. The molecule has 0 unspecified atom stereocenters. The topological polar surface area (TPSA) is 83.5 Å². The van der Waals surface area contributed by atoms with Gasteiger partial charge >= 0.3 is 5.97 Å². The van der Waals surface area contributed by atoms with E-state index in [0.717, 1.165) is 27.5 Å². The lowest BCUT2D eigenvalue weighted by molar-refractivity contribution is 0.0697. The van der Waals surface area contributed by atoms with E-state index < -0.39 is 21.8 Å². The molecule has 0 radical (unpaired) electrons. The van der Waals surface area contributed by atoms with Crippen LogP contribution in [0.2, 0.25) is 5.02 Å². The first-order valence-electron chi connectivity index (χ1n) is 10.4. The maximum absolute atomic E-state index is 14.7. The lowest BCUT2D eigenvalue weighted by Gasteiger charge is -2.14. The Balaban J connectivity index is 1.63. The highest BCUT2D eigenvalue weighted by Gasteiger charge is 2.23. The Labute approximate surface area is 209 Å². The first-order valence-corrected chi connectivity index (χ1v) is 13.1. The Kier molecular flexibility index (Phi) is 5.75. The molecule has 1 aromatic heterocycles. The van der Waals surface area contributed by atoms with E-state index >= 15 is 0 Å². The minimum absolute atomic E-state index is 0.0457. The number of fused-ring (bicyclic) bond motifs is 2. The van der Waals surface area contributed by atoms with Crippen LogP contribution in [0.4, 0.5) is 10.1 Å². The second-order valence-corrected chi connectivity index (χ2v) is 11.3. The van der Waals surface area contributed by atoms with E-state index in [-0.39, 0.29) is 15.3 Å². The number of carbonyl (C=O) groups is 1. The Hall–Kier alpha value is -3.46. The molecule has 35 heavy (non-hydrogen) atoms. The fourth-order valence-corrected chi connectivity index (χ4v) is 7.11. The van der Waals surface area contributed by atoms with E-state index in [2.05, 4.69) is 4.72 Å². The molecule has 0 fully saturated rings. The van der Waals surface area contributed by atoms with Crippen molar-refractivity contribution in [2.24, 2.45) is 0 Å². The molecule has 0 aliphatic carbocycles. The average Bonchev–Trinajstić information content (AvgIpc) is 3.16. The van der Waals surface area contributed by atoms with Crippen LogP contribution in [0, 0.1) is 12.7 Å². The Morgan fingerprint density at radius 2 is 1.69 bits per heavy atom. The highest BCUT2D eigenvalue weighted by Crippen LogP contribution is 2.39. The number of aryl methyl sites for hydroxylation is 1. The SMILES string of the molecule is Cc1c(S(=O)(=O)Nc2ccc(-c3cc(C(=O)O)ccc3F)c3ccccc23)sc2ccc(Cl)cc12. The Bertz CT molecular complexity index is 1760. The van der Waals surface area contributed by atoms with Gasteiger partial charge in [-0.15, -0.1) is 11.3 Å². The number of hydrogen-bond acceptors (Lipinski definition) is 4. The third kappa shape index (κ3) is 4.14. The van der Waals surface area contributed by atoms with Gasteiger partial charge in [0.1, 0.15) is 10.0 Å². The zero-order valence-corrected chi connectivity index (χ0v) is 20.6. The molecule has 0 amide bonds. The summed E-state index contributed by atoms with van der Waals surface area (Å²) in [4.78, 5) is 11.4. The summed E-state index contributed by atoms with van der Waals surface area (Å²) in [5.74, 6) is -1.74. The molecular formula is C26H17ClFNO4S2. The molecule has 0 saturated carbocycles. The van der Waals surface area contributed by atoms with Crippen molar-refractivity contribution < 1.29 is 22.7 Å². The maximum atomic E-state index is 14.7. The second-order valence-electron chi connectivity index (χ2n) is 7.97. The summed E-state index contributed by atoms with van der Waals surface area (Å²) in [5.41, 5.74) is 1.46. The predicted molar refractivity (Wildman–Crippen MR) is 139 cm³/mol. The van der Waals surface area contributed by atoms with Crippen molar-refractivity contribution in [3.63, 3.8) is 0 Å².